The van der Waals surface area contributed by atoms with E-state index in [9.17, 15) is 9.90 Å². The first-order valence-electron chi connectivity index (χ1n) is 8.18. The van der Waals surface area contributed by atoms with Gasteiger partial charge in [0, 0.05) is 32.0 Å². The molecular formula is C19H22N4O2. The van der Waals surface area contributed by atoms with Crippen molar-refractivity contribution in [3.8, 4) is 0 Å². The Bertz CT molecular complexity index is 903. The van der Waals surface area contributed by atoms with E-state index in [0.29, 0.717) is 17.4 Å². The van der Waals surface area contributed by atoms with Crippen LogP contribution in [0.3, 0.4) is 0 Å². The van der Waals surface area contributed by atoms with E-state index in [4.69, 9.17) is 0 Å². The number of anilines is 2. The molecule has 2 N–H and O–H groups in total. The van der Waals surface area contributed by atoms with Crippen molar-refractivity contribution < 1.29 is 5.11 Å². The summed E-state index contributed by atoms with van der Waals surface area (Å²) >= 11 is 0. The highest BCUT2D eigenvalue weighted by molar-refractivity contribution is 5.76. The molecule has 3 aromatic rings. The van der Waals surface area contributed by atoms with E-state index in [1.54, 1.807) is 12.1 Å². The summed E-state index contributed by atoms with van der Waals surface area (Å²) in [5.41, 5.74) is 2.56. The molecule has 1 heterocycles. The first-order valence-corrected chi connectivity index (χ1v) is 8.18. The maximum absolute atomic E-state index is 12.4. The lowest BCUT2D eigenvalue weighted by molar-refractivity contribution is 0.165. The van der Waals surface area contributed by atoms with Crippen LogP contribution in [0.25, 0.3) is 10.9 Å². The van der Waals surface area contributed by atoms with E-state index in [1.165, 1.54) is 10.9 Å². The van der Waals surface area contributed by atoms with Crippen LogP contribution in [0.15, 0.2) is 59.7 Å². The smallest absolute Gasteiger partial charge is 0.261 e. The number of nitrogens with zero attached hydrogens (tertiary/aromatic N) is 3. The van der Waals surface area contributed by atoms with Crippen molar-refractivity contribution in [1.82, 2.24) is 9.55 Å². The molecule has 0 aliphatic carbocycles. The Labute approximate surface area is 146 Å². The molecule has 0 bridgehead atoms. The molecule has 6 heteroatoms. The molecule has 3 rings (SSSR count). The number of hydrogen-bond acceptors (Lipinski definition) is 5. The van der Waals surface area contributed by atoms with E-state index in [2.05, 4.69) is 10.3 Å². The molecule has 25 heavy (non-hydrogen) atoms. The zero-order chi connectivity index (χ0) is 17.8. The van der Waals surface area contributed by atoms with Gasteiger partial charge in [-0.2, -0.15) is 0 Å². The van der Waals surface area contributed by atoms with E-state index >= 15 is 0 Å². The Balaban J connectivity index is 1.63. The Morgan fingerprint density at radius 1 is 1.16 bits per heavy atom. The van der Waals surface area contributed by atoms with Crippen molar-refractivity contribution in [3.63, 3.8) is 0 Å². The predicted molar refractivity (Wildman–Crippen MR) is 101 cm³/mol. The van der Waals surface area contributed by atoms with E-state index in [0.717, 1.165) is 11.4 Å². The standard InChI is InChI=1S/C19H22N4O2/c1-22(2)15-9-7-14(8-10-15)20-11-16(24)12-23-13-21-18-6-4-3-5-17(18)19(23)25/h3-10,13,16,20,24H,11-12H2,1-2H3/t16-/m0/s1. The van der Waals surface area contributed by atoms with Crippen molar-refractivity contribution in [3.05, 3.63) is 65.2 Å². The Morgan fingerprint density at radius 2 is 1.88 bits per heavy atom. The van der Waals surface area contributed by atoms with Crippen LogP contribution in [0.5, 0.6) is 0 Å². The zero-order valence-corrected chi connectivity index (χ0v) is 14.4. The quantitative estimate of drug-likeness (QED) is 0.719. The van der Waals surface area contributed by atoms with Gasteiger partial charge in [0.1, 0.15) is 0 Å². The highest BCUT2D eigenvalue weighted by Crippen LogP contribution is 2.15. The number of aliphatic hydroxyl groups excluding tert-OH is 1. The summed E-state index contributed by atoms with van der Waals surface area (Å²) in [4.78, 5) is 18.7. The second-order valence-electron chi connectivity index (χ2n) is 6.20. The molecule has 0 spiro atoms. The zero-order valence-electron chi connectivity index (χ0n) is 14.4. The van der Waals surface area contributed by atoms with E-state index in [-0.39, 0.29) is 12.1 Å². The SMILES string of the molecule is CN(C)c1ccc(NC[C@H](O)Cn2cnc3ccccc3c2=O)cc1. The largest absolute Gasteiger partial charge is 0.389 e. The monoisotopic (exact) mass is 338 g/mol. The first-order chi connectivity index (χ1) is 12.0. The number of fused-ring (bicyclic) bond motifs is 1. The van der Waals surface area contributed by atoms with Gasteiger partial charge < -0.3 is 15.3 Å². The van der Waals surface area contributed by atoms with Gasteiger partial charge in [0.2, 0.25) is 0 Å². The van der Waals surface area contributed by atoms with Gasteiger partial charge in [0.15, 0.2) is 0 Å². The minimum atomic E-state index is -0.700. The highest BCUT2D eigenvalue weighted by atomic mass is 16.3. The lowest BCUT2D eigenvalue weighted by Gasteiger charge is -2.16. The molecule has 1 aromatic heterocycles. The molecule has 0 radical (unpaired) electrons. The molecule has 6 nitrogen and oxygen atoms in total. The van der Waals surface area contributed by atoms with Gasteiger partial charge >= 0.3 is 0 Å². The number of para-hydroxylation sites is 1. The molecule has 130 valence electrons. The minimum Gasteiger partial charge on any atom is -0.389 e. The Kier molecular flexibility index (Phi) is 5.00. The van der Waals surface area contributed by atoms with Gasteiger partial charge in [-0.15, -0.1) is 0 Å². The molecule has 1 atom stereocenters. The second kappa shape index (κ2) is 7.36. The van der Waals surface area contributed by atoms with Gasteiger partial charge in [-0.1, -0.05) is 12.1 Å². The average molecular weight is 338 g/mol. The molecule has 0 saturated carbocycles. The van der Waals surface area contributed by atoms with Crippen molar-refractivity contribution in [2.75, 3.05) is 30.9 Å². The maximum Gasteiger partial charge on any atom is 0.261 e. The summed E-state index contributed by atoms with van der Waals surface area (Å²) < 4.78 is 1.45. The fraction of sp³-hybridized carbons (Fsp3) is 0.263. The van der Waals surface area contributed by atoms with Crippen LogP contribution >= 0.6 is 0 Å². The third-order valence-corrected chi connectivity index (χ3v) is 4.06. The van der Waals surface area contributed by atoms with Crippen molar-refractivity contribution in [1.29, 1.82) is 0 Å². The molecular weight excluding hydrogens is 316 g/mol. The third kappa shape index (κ3) is 3.97. The van der Waals surface area contributed by atoms with Crippen LogP contribution < -0.4 is 15.8 Å². The molecule has 0 saturated heterocycles. The van der Waals surface area contributed by atoms with Crippen LogP contribution in [0.4, 0.5) is 11.4 Å². The summed E-state index contributed by atoms with van der Waals surface area (Å²) in [5, 5.41) is 14.0. The molecule has 2 aromatic carbocycles. The summed E-state index contributed by atoms with van der Waals surface area (Å²) in [6, 6.07) is 15.1. The van der Waals surface area contributed by atoms with Gasteiger partial charge in [0.05, 0.1) is 29.9 Å². The molecule has 0 aliphatic rings. The lowest BCUT2D eigenvalue weighted by atomic mass is 10.2. The van der Waals surface area contributed by atoms with Crippen molar-refractivity contribution in [2.45, 2.75) is 12.6 Å². The molecule has 0 amide bonds. The predicted octanol–water partition coefficient (Wildman–Crippen LogP) is 1.94. The summed E-state index contributed by atoms with van der Waals surface area (Å²) in [6.45, 7) is 0.542. The third-order valence-electron chi connectivity index (χ3n) is 4.06. The van der Waals surface area contributed by atoms with Crippen LogP contribution in [-0.4, -0.2) is 41.4 Å². The number of aliphatic hydroxyl groups is 1. The second-order valence-corrected chi connectivity index (χ2v) is 6.20. The number of nitrogens with one attached hydrogen (secondary N) is 1. The molecule has 0 aliphatic heterocycles. The Hall–Kier alpha value is -2.86. The van der Waals surface area contributed by atoms with E-state index in [1.807, 2.05) is 55.4 Å². The van der Waals surface area contributed by atoms with Crippen LogP contribution in [-0.2, 0) is 6.54 Å². The van der Waals surface area contributed by atoms with Crippen LogP contribution in [0.1, 0.15) is 0 Å². The minimum absolute atomic E-state index is 0.139. The summed E-state index contributed by atoms with van der Waals surface area (Å²) in [7, 11) is 3.98. The topological polar surface area (TPSA) is 70.4 Å². The number of rotatable bonds is 6. The van der Waals surface area contributed by atoms with Crippen molar-refractivity contribution >= 4 is 22.3 Å². The molecule has 0 unspecified atom stereocenters. The van der Waals surface area contributed by atoms with Crippen LogP contribution in [0.2, 0.25) is 0 Å². The van der Waals surface area contributed by atoms with E-state index < -0.39 is 6.10 Å². The molecule has 0 fully saturated rings. The fourth-order valence-corrected chi connectivity index (χ4v) is 2.64. The van der Waals surface area contributed by atoms with Gasteiger partial charge in [-0.05, 0) is 36.4 Å². The fourth-order valence-electron chi connectivity index (χ4n) is 2.64. The maximum atomic E-state index is 12.4. The normalized spacial score (nSPS) is 12.1. The highest BCUT2D eigenvalue weighted by Gasteiger charge is 2.09. The average Bonchev–Trinajstić information content (AvgIpc) is 2.63. The van der Waals surface area contributed by atoms with Crippen molar-refractivity contribution in [2.24, 2.45) is 0 Å². The van der Waals surface area contributed by atoms with Gasteiger partial charge in [0.25, 0.3) is 5.56 Å². The Morgan fingerprint density at radius 3 is 2.60 bits per heavy atom. The summed E-state index contributed by atoms with van der Waals surface area (Å²) in [6.07, 6.45) is 0.786. The van der Waals surface area contributed by atoms with Gasteiger partial charge in [-0.25, -0.2) is 4.98 Å². The van der Waals surface area contributed by atoms with Gasteiger partial charge in [-0.3, -0.25) is 9.36 Å². The lowest BCUT2D eigenvalue weighted by Crippen LogP contribution is -2.31. The number of benzene rings is 2. The summed E-state index contributed by atoms with van der Waals surface area (Å²) in [5.74, 6) is 0. The number of hydrogen-bond donors (Lipinski definition) is 2. The number of aromatic nitrogens is 2. The van der Waals surface area contributed by atoms with Crippen LogP contribution in [0, 0.1) is 0 Å². The first kappa shape index (κ1) is 17.0.